The maximum Gasteiger partial charge on any atom is 0.179 e. The SMILES string of the molecule is COc1ccc2cc([O])ccc2c1. The molecule has 2 heteroatoms. The van der Waals surface area contributed by atoms with Crippen LogP contribution in [0.1, 0.15) is 0 Å². The fourth-order valence-electron chi connectivity index (χ4n) is 1.33. The lowest BCUT2D eigenvalue weighted by atomic mass is 10.1. The Bertz CT molecular complexity index is 435. The maximum absolute atomic E-state index is 11.0. The molecule has 65 valence electrons. The summed E-state index contributed by atoms with van der Waals surface area (Å²) in [6.45, 7) is 0. The molecule has 0 fully saturated rings. The average molecular weight is 173 g/mol. The van der Waals surface area contributed by atoms with Crippen LogP contribution < -0.4 is 4.74 Å². The first-order chi connectivity index (χ1) is 6.29. The lowest BCUT2D eigenvalue weighted by Crippen LogP contribution is -1.81. The Morgan fingerprint density at radius 1 is 1.00 bits per heavy atom. The summed E-state index contributed by atoms with van der Waals surface area (Å²) in [5.41, 5.74) is 0. The first-order valence-electron chi connectivity index (χ1n) is 4.04. The Hall–Kier alpha value is -1.70. The van der Waals surface area contributed by atoms with Crippen LogP contribution in [-0.2, 0) is 5.11 Å². The summed E-state index contributed by atoms with van der Waals surface area (Å²) in [7, 11) is 1.63. The Kier molecular flexibility index (Phi) is 1.81. The number of ether oxygens (including phenoxy) is 1. The predicted octanol–water partition coefficient (Wildman–Crippen LogP) is 2.99. The van der Waals surface area contributed by atoms with Crippen LogP contribution in [-0.4, -0.2) is 7.11 Å². The van der Waals surface area contributed by atoms with Crippen LogP contribution in [0.2, 0.25) is 0 Å². The molecule has 2 rings (SSSR count). The van der Waals surface area contributed by atoms with Gasteiger partial charge < -0.3 is 4.74 Å². The van der Waals surface area contributed by atoms with E-state index in [1.807, 2.05) is 18.2 Å². The van der Waals surface area contributed by atoms with Gasteiger partial charge in [-0.3, -0.25) is 5.11 Å². The Labute approximate surface area is 76.4 Å². The lowest BCUT2D eigenvalue weighted by Gasteiger charge is -2.01. The van der Waals surface area contributed by atoms with Crippen molar-refractivity contribution in [3.05, 3.63) is 36.4 Å². The third kappa shape index (κ3) is 1.43. The molecule has 2 aromatic carbocycles. The van der Waals surface area contributed by atoms with E-state index in [2.05, 4.69) is 0 Å². The third-order valence-electron chi connectivity index (χ3n) is 2.02. The normalized spacial score (nSPS) is 10.2. The van der Waals surface area contributed by atoms with Crippen molar-refractivity contribution < 1.29 is 9.84 Å². The van der Waals surface area contributed by atoms with Crippen molar-refractivity contribution in [3.63, 3.8) is 0 Å². The van der Waals surface area contributed by atoms with Crippen molar-refractivity contribution >= 4 is 10.8 Å². The van der Waals surface area contributed by atoms with E-state index in [9.17, 15) is 5.11 Å². The summed E-state index contributed by atoms with van der Waals surface area (Å²) >= 11 is 0. The molecule has 0 amide bonds. The fourth-order valence-corrected chi connectivity index (χ4v) is 1.33. The molecule has 0 aromatic heterocycles. The zero-order chi connectivity index (χ0) is 9.26. The van der Waals surface area contributed by atoms with Gasteiger partial charge in [0.15, 0.2) is 5.75 Å². The number of benzene rings is 2. The van der Waals surface area contributed by atoms with Crippen molar-refractivity contribution in [2.45, 2.75) is 0 Å². The van der Waals surface area contributed by atoms with Crippen molar-refractivity contribution in [3.8, 4) is 11.5 Å². The van der Waals surface area contributed by atoms with Crippen LogP contribution in [0, 0.1) is 0 Å². The second-order valence-electron chi connectivity index (χ2n) is 2.87. The van der Waals surface area contributed by atoms with Gasteiger partial charge in [-0.1, -0.05) is 12.1 Å². The first-order valence-corrected chi connectivity index (χ1v) is 4.04. The van der Waals surface area contributed by atoms with Crippen LogP contribution in [0.5, 0.6) is 11.5 Å². The highest BCUT2D eigenvalue weighted by Crippen LogP contribution is 2.24. The highest BCUT2D eigenvalue weighted by atomic mass is 16.5. The van der Waals surface area contributed by atoms with Crippen LogP contribution in [0.4, 0.5) is 0 Å². The smallest absolute Gasteiger partial charge is 0.179 e. The van der Waals surface area contributed by atoms with Crippen LogP contribution in [0.25, 0.3) is 10.8 Å². The van der Waals surface area contributed by atoms with Crippen molar-refractivity contribution in [2.24, 2.45) is 0 Å². The molecule has 0 aliphatic carbocycles. The van der Waals surface area contributed by atoms with Gasteiger partial charge in [0.05, 0.1) is 7.11 Å². The van der Waals surface area contributed by atoms with Gasteiger partial charge >= 0.3 is 0 Å². The summed E-state index contributed by atoms with van der Waals surface area (Å²) in [6, 6.07) is 10.6. The minimum Gasteiger partial charge on any atom is -0.497 e. The van der Waals surface area contributed by atoms with Crippen molar-refractivity contribution in [2.75, 3.05) is 7.11 Å². The van der Waals surface area contributed by atoms with E-state index in [4.69, 9.17) is 4.74 Å². The third-order valence-corrected chi connectivity index (χ3v) is 2.02. The van der Waals surface area contributed by atoms with E-state index in [1.54, 1.807) is 25.3 Å². The maximum atomic E-state index is 11.0. The van der Waals surface area contributed by atoms with Crippen molar-refractivity contribution in [1.29, 1.82) is 0 Å². The van der Waals surface area contributed by atoms with Gasteiger partial charge in [0.2, 0.25) is 0 Å². The highest BCUT2D eigenvalue weighted by Gasteiger charge is 1.97. The van der Waals surface area contributed by atoms with E-state index in [0.29, 0.717) is 0 Å². The summed E-state index contributed by atoms with van der Waals surface area (Å²) in [5, 5.41) is 13.0. The van der Waals surface area contributed by atoms with E-state index in [1.165, 1.54) is 0 Å². The molecule has 0 unspecified atom stereocenters. The molecular formula is C11H9O2. The van der Waals surface area contributed by atoms with E-state index in [0.717, 1.165) is 16.5 Å². The molecule has 2 aromatic rings. The largest absolute Gasteiger partial charge is 0.497 e. The van der Waals surface area contributed by atoms with Crippen LogP contribution in [0.3, 0.4) is 0 Å². The minimum atomic E-state index is 0.0395. The average Bonchev–Trinajstić information content (AvgIpc) is 2.17. The van der Waals surface area contributed by atoms with Gasteiger partial charge in [-0.25, -0.2) is 0 Å². The molecule has 0 saturated heterocycles. The summed E-state index contributed by atoms with van der Waals surface area (Å²) in [5.74, 6) is 0.851. The summed E-state index contributed by atoms with van der Waals surface area (Å²) in [6.07, 6.45) is 0. The molecule has 0 saturated carbocycles. The van der Waals surface area contributed by atoms with E-state index < -0.39 is 0 Å². The summed E-state index contributed by atoms with van der Waals surface area (Å²) < 4.78 is 5.07. The minimum absolute atomic E-state index is 0.0395. The molecule has 13 heavy (non-hydrogen) atoms. The predicted molar refractivity (Wildman–Crippen MR) is 50.6 cm³/mol. The van der Waals surface area contributed by atoms with Crippen molar-refractivity contribution in [1.82, 2.24) is 0 Å². The second-order valence-corrected chi connectivity index (χ2v) is 2.87. The fraction of sp³-hybridized carbons (Fsp3) is 0.0909. The molecule has 0 aliphatic rings. The Morgan fingerprint density at radius 2 is 1.69 bits per heavy atom. The van der Waals surface area contributed by atoms with Crippen LogP contribution >= 0.6 is 0 Å². The standard InChI is InChI=1S/C11H9O2/c1-13-11-5-3-8-6-10(12)4-2-9(8)7-11/h2-7H,1H3. The second kappa shape index (κ2) is 2.98. The number of hydrogen-bond acceptors (Lipinski definition) is 1. The number of fused-ring (bicyclic) bond motifs is 1. The zero-order valence-electron chi connectivity index (χ0n) is 7.28. The molecule has 0 heterocycles. The topological polar surface area (TPSA) is 29.1 Å². The Morgan fingerprint density at radius 3 is 2.46 bits per heavy atom. The van der Waals surface area contributed by atoms with Gasteiger partial charge in [-0.05, 0) is 35.0 Å². The first kappa shape index (κ1) is 7.92. The van der Waals surface area contributed by atoms with Gasteiger partial charge in [0, 0.05) is 0 Å². The molecule has 0 atom stereocenters. The Balaban J connectivity index is 2.66. The molecule has 0 N–H and O–H groups in total. The van der Waals surface area contributed by atoms with Gasteiger partial charge in [-0.15, -0.1) is 0 Å². The van der Waals surface area contributed by atoms with E-state index in [-0.39, 0.29) is 5.75 Å². The molecule has 2 nitrogen and oxygen atoms in total. The molecule has 0 bridgehead atoms. The molecule has 1 radical (unpaired) electrons. The van der Waals surface area contributed by atoms with Crippen LogP contribution in [0.15, 0.2) is 36.4 Å². The monoisotopic (exact) mass is 173 g/mol. The molecular weight excluding hydrogens is 164 g/mol. The number of hydrogen-bond donors (Lipinski definition) is 0. The molecule has 0 spiro atoms. The van der Waals surface area contributed by atoms with E-state index >= 15 is 0 Å². The zero-order valence-corrected chi connectivity index (χ0v) is 7.28. The lowest BCUT2D eigenvalue weighted by molar-refractivity contribution is 0.355. The number of rotatable bonds is 1. The molecule has 0 aliphatic heterocycles. The van der Waals surface area contributed by atoms with Gasteiger partial charge in [0.1, 0.15) is 5.75 Å². The quantitative estimate of drug-likeness (QED) is 0.651. The summed E-state index contributed by atoms with van der Waals surface area (Å²) in [4.78, 5) is 0. The highest BCUT2D eigenvalue weighted by molar-refractivity contribution is 5.85. The van der Waals surface area contributed by atoms with Gasteiger partial charge in [-0.2, -0.15) is 0 Å². The van der Waals surface area contributed by atoms with Gasteiger partial charge in [0.25, 0.3) is 0 Å². The number of methoxy groups -OCH3 is 1.